The van der Waals surface area contributed by atoms with E-state index in [1.54, 1.807) is 66.9 Å². The molecule has 0 aliphatic carbocycles. The summed E-state index contributed by atoms with van der Waals surface area (Å²) in [5.74, 6) is -1.71. The predicted octanol–water partition coefficient (Wildman–Crippen LogP) is 4.61. The Labute approximate surface area is 211 Å². The maximum atomic E-state index is 15.0. The first-order chi connectivity index (χ1) is 17.5. The maximum absolute atomic E-state index is 15.0. The van der Waals surface area contributed by atoms with E-state index >= 15 is 4.39 Å². The van der Waals surface area contributed by atoms with Crippen molar-refractivity contribution < 1.29 is 23.2 Å². The number of furan rings is 1. The molecule has 0 bridgehead atoms. The van der Waals surface area contributed by atoms with Gasteiger partial charge < -0.3 is 15.1 Å². The molecule has 0 fully saturated rings. The van der Waals surface area contributed by atoms with E-state index in [0.29, 0.717) is 21.9 Å². The van der Waals surface area contributed by atoms with Crippen molar-refractivity contribution in [3.63, 3.8) is 0 Å². The second kappa shape index (κ2) is 11.5. The van der Waals surface area contributed by atoms with Gasteiger partial charge >= 0.3 is 0 Å². The summed E-state index contributed by atoms with van der Waals surface area (Å²) < 4.78 is 20.3. The Morgan fingerprint density at radius 3 is 2.44 bits per heavy atom. The minimum Gasteiger partial charge on any atom is -0.467 e. The Morgan fingerprint density at radius 1 is 0.972 bits per heavy atom. The van der Waals surface area contributed by atoms with Gasteiger partial charge in [0.2, 0.25) is 11.8 Å². The fourth-order valence-corrected chi connectivity index (χ4v) is 4.41. The van der Waals surface area contributed by atoms with Gasteiger partial charge in [-0.1, -0.05) is 42.5 Å². The summed E-state index contributed by atoms with van der Waals surface area (Å²) in [6, 6.07) is 18.2. The number of amides is 3. The lowest BCUT2D eigenvalue weighted by molar-refractivity contribution is -0.126. The van der Waals surface area contributed by atoms with E-state index in [1.807, 2.05) is 0 Å². The summed E-state index contributed by atoms with van der Waals surface area (Å²) in [7, 11) is 0. The Kier molecular flexibility index (Phi) is 7.92. The number of benzene rings is 2. The first-order valence-corrected chi connectivity index (χ1v) is 12.1. The lowest BCUT2D eigenvalue weighted by Gasteiger charge is -2.32. The van der Waals surface area contributed by atoms with E-state index in [1.165, 1.54) is 40.7 Å². The number of nitrogens with zero attached hydrogens (tertiary/aromatic N) is 1. The van der Waals surface area contributed by atoms with Crippen molar-refractivity contribution >= 4 is 34.7 Å². The summed E-state index contributed by atoms with van der Waals surface area (Å²) in [5, 5.41) is 7.11. The fraction of sp³-hybridized carbons (Fsp3) is 0.148. The molecule has 4 aromatic rings. The van der Waals surface area contributed by atoms with Crippen LogP contribution in [0.25, 0.3) is 0 Å². The van der Waals surface area contributed by atoms with Gasteiger partial charge in [0.05, 0.1) is 24.2 Å². The summed E-state index contributed by atoms with van der Waals surface area (Å²) in [5.41, 5.74) is 1.15. The second-order valence-electron chi connectivity index (χ2n) is 7.93. The van der Waals surface area contributed by atoms with Gasteiger partial charge in [-0.15, -0.1) is 11.3 Å². The van der Waals surface area contributed by atoms with Crippen molar-refractivity contribution in [1.29, 1.82) is 0 Å². The van der Waals surface area contributed by atoms with E-state index in [4.69, 9.17) is 4.42 Å². The normalized spacial score (nSPS) is 11.5. The van der Waals surface area contributed by atoms with Crippen molar-refractivity contribution in [2.24, 2.45) is 0 Å². The number of nitrogens with one attached hydrogen (secondary N) is 2. The number of rotatable bonds is 9. The Hall–Kier alpha value is -4.24. The number of aryl methyl sites for hydroxylation is 1. The minimum absolute atomic E-state index is 0.0237. The van der Waals surface area contributed by atoms with E-state index in [-0.39, 0.29) is 18.7 Å². The molecule has 2 aromatic heterocycles. The van der Waals surface area contributed by atoms with Crippen LogP contribution < -0.4 is 15.5 Å². The number of hydrogen-bond acceptors (Lipinski definition) is 5. The number of anilines is 1. The standard InChI is InChI=1S/C27H24FN3O4S/c1-18-8-2-5-12-22(18)31(24(32)17-30-26(33)23-13-7-15-36-23)25(20-10-3-4-11-21(20)28)27(34)29-16-19-9-6-14-35-19/h2-15,25H,16-17H2,1H3,(H,29,34)(H,30,33)/t25-/m1/s1. The van der Waals surface area contributed by atoms with Crippen LogP contribution in [0, 0.1) is 12.7 Å². The molecule has 1 atom stereocenters. The molecule has 0 aliphatic rings. The van der Waals surface area contributed by atoms with Crippen molar-refractivity contribution in [3.05, 3.63) is 112 Å². The van der Waals surface area contributed by atoms with E-state index in [9.17, 15) is 14.4 Å². The number of para-hydroxylation sites is 1. The van der Waals surface area contributed by atoms with Gasteiger partial charge in [-0.3, -0.25) is 19.3 Å². The van der Waals surface area contributed by atoms with Crippen molar-refractivity contribution in [3.8, 4) is 0 Å². The molecule has 2 N–H and O–H groups in total. The zero-order valence-electron chi connectivity index (χ0n) is 19.4. The first-order valence-electron chi connectivity index (χ1n) is 11.2. The lowest BCUT2D eigenvalue weighted by atomic mass is 10.0. The third kappa shape index (κ3) is 5.69. The number of carbonyl (C=O) groups is 3. The average Bonchev–Trinajstić information content (AvgIpc) is 3.60. The highest BCUT2D eigenvalue weighted by Crippen LogP contribution is 2.31. The van der Waals surface area contributed by atoms with Crippen LogP contribution in [0.4, 0.5) is 10.1 Å². The molecular formula is C27H24FN3O4S. The topological polar surface area (TPSA) is 91.7 Å². The SMILES string of the molecule is Cc1ccccc1N(C(=O)CNC(=O)c1cccs1)[C@@H](C(=O)NCc1ccco1)c1ccccc1F. The number of carbonyl (C=O) groups excluding carboxylic acids is 3. The number of thiophene rings is 1. The lowest BCUT2D eigenvalue weighted by Crippen LogP contribution is -2.48. The number of hydrogen-bond donors (Lipinski definition) is 2. The Balaban J connectivity index is 1.70. The van der Waals surface area contributed by atoms with E-state index in [2.05, 4.69) is 10.6 Å². The highest BCUT2D eigenvalue weighted by molar-refractivity contribution is 7.12. The zero-order chi connectivity index (χ0) is 25.5. The van der Waals surface area contributed by atoms with Crippen LogP contribution in [-0.2, 0) is 16.1 Å². The zero-order valence-corrected chi connectivity index (χ0v) is 20.3. The van der Waals surface area contributed by atoms with Gasteiger partial charge in [0.1, 0.15) is 17.6 Å². The van der Waals surface area contributed by atoms with Crippen LogP contribution >= 0.6 is 11.3 Å². The van der Waals surface area contributed by atoms with Crippen LogP contribution in [0.5, 0.6) is 0 Å². The van der Waals surface area contributed by atoms with Crippen molar-refractivity contribution in [1.82, 2.24) is 10.6 Å². The molecule has 9 heteroatoms. The van der Waals surface area contributed by atoms with Gasteiger partial charge in [-0.05, 0) is 48.2 Å². The average molecular weight is 506 g/mol. The van der Waals surface area contributed by atoms with Crippen LogP contribution in [0.15, 0.2) is 88.9 Å². The van der Waals surface area contributed by atoms with Crippen molar-refractivity contribution in [2.75, 3.05) is 11.4 Å². The summed E-state index contributed by atoms with van der Waals surface area (Å²) in [6.07, 6.45) is 1.48. The highest BCUT2D eigenvalue weighted by atomic mass is 32.1. The largest absolute Gasteiger partial charge is 0.467 e. The first kappa shape index (κ1) is 24.9. The fourth-order valence-electron chi connectivity index (χ4n) is 3.77. The third-order valence-electron chi connectivity index (χ3n) is 5.51. The predicted molar refractivity (Wildman–Crippen MR) is 135 cm³/mol. The molecule has 0 aliphatic heterocycles. The highest BCUT2D eigenvalue weighted by Gasteiger charge is 2.35. The van der Waals surface area contributed by atoms with Crippen molar-refractivity contribution in [2.45, 2.75) is 19.5 Å². The van der Waals surface area contributed by atoms with Gasteiger partial charge in [0.15, 0.2) is 0 Å². The second-order valence-corrected chi connectivity index (χ2v) is 8.88. The molecule has 2 heterocycles. The van der Waals surface area contributed by atoms with Gasteiger partial charge in [-0.25, -0.2) is 4.39 Å². The third-order valence-corrected chi connectivity index (χ3v) is 6.38. The molecule has 0 saturated heterocycles. The van der Waals surface area contributed by atoms with Crippen LogP contribution in [0.3, 0.4) is 0 Å². The molecule has 0 spiro atoms. The molecule has 36 heavy (non-hydrogen) atoms. The Morgan fingerprint density at radius 2 is 1.75 bits per heavy atom. The molecule has 0 saturated carbocycles. The molecule has 4 rings (SSSR count). The summed E-state index contributed by atoms with van der Waals surface area (Å²) in [4.78, 5) is 41.3. The van der Waals surface area contributed by atoms with E-state index < -0.39 is 29.6 Å². The van der Waals surface area contributed by atoms with Crippen LogP contribution in [-0.4, -0.2) is 24.3 Å². The molecular weight excluding hydrogens is 481 g/mol. The molecule has 2 aromatic carbocycles. The van der Waals surface area contributed by atoms with Crippen LogP contribution in [0.1, 0.15) is 32.6 Å². The minimum atomic E-state index is -1.34. The van der Waals surface area contributed by atoms with Gasteiger partial charge in [0, 0.05) is 11.3 Å². The molecule has 0 radical (unpaired) electrons. The quantitative estimate of drug-likeness (QED) is 0.348. The molecule has 3 amide bonds. The monoisotopic (exact) mass is 505 g/mol. The maximum Gasteiger partial charge on any atom is 0.261 e. The van der Waals surface area contributed by atoms with Gasteiger partial charge in [-0.2, -0.15) is 0 Å². The summed E-state index contributed by atoms with van der Waals surface area (Å²) in [6.45, 7) is 1.46. The number of halogens is 1. The summed E-state index contributed by atoms with van der Waals surface area (Å²) >= 11 is 1.25. The van der Waals surface area contributed by atoms with Gasteiger partial charge in [0.25, 0.3) is 5.91 Å². The van der Waals surface area contributed by atoms with E-state index in [0.717, 1.165) is 0 Å². The Bertz CT molecular complexity index is 1340. The smallest absolute Gasteiger partial charge is 0.261 e. The molecule has 184 valence electrons. The van der Waals surface area contributed by atoms with Crippen LogP contribution in [0.2, 0.25) is 0 Å². The molecule has 7 nitrogen and oxygen atoms in total. The molecule has 0 unspecified atom stereocenters.